The van der Waals surface area contributed by atoms with Gasteiger partial charge in [-0.1, -0.05) is 26.0 Å². The Balaban J connectivity index is 2.11. The van der Waals surface area contributed by atoms with Crippen LogP contribution in [-0.2, 0) is 9.59 Å². The first-order valence-corrected chi connectivity index (χ1v) is 6.16. The molecule has 1 fully saturated rings. The highest BCUT2D eigenvalue weighted by Gasteiger charge is 2.51. The molecular weight excluding hydrogens is 247 g/mol. The van der Waals surface area contributed by atoms with E-state index in [1.165, 1.54) is 24.3 Å². The molecule has 0 radical (unpaired) electrons. The van der Waals surface area contributed by atoms with Crippen LogP contribution < -0.4 is 11.1 Å². The van der Waals surface area contributed by atoms with Gasteiger partial charge in [-0.25, -0.2) is 4.39 Å². The topological polar surface area (TPSA) is 72.2 Å². The van der Waals surface area contributed by atoms with Gasteiger partial charge in [-0.3, -0.25) is 9.59 Å². The molecule has 2 rings (SSSR count). The number of carbonyl (C=O) groups excluding carboxylic acids is 2. The van der Waals surface area contributed by atoms with E-state index in [0.717, 1.165) is 6.42 Å². The van der Waals surface area contributed by atoms with Crippen molar-refractivity contribution in [2.24, 2.45) is 17.1 Å². The van der Waals surface area contributed by atoms with Crippen LogP contribution in [0.5, 0.6) is 0 Å². The number of carbonyl (C=O) groups is 2. The lowest BCUT2D eigenvalue weighted by atomic mass is 10.0. The Kier molecular flexibility index (Phi) is 3.30. The highest BCUT2D eigenvalue weighted by Crippen LogP contribution is 2.51. The molecule has 1 aliphatic carbocycles. The lowest BCUT2D eigenvalue weighted by molar-refractivity contribution is -0.128. The molecule has 0 aliphatic heterocycles. The van der Waals surface area contributed by atoms with Gasteiger partial charge in [-0.2, -0.15) is 0 Å². The average molecular weight is 264 g/mol. The summed E-state index contributed by atoms with van der Waals surface area (Å²) in [4.78, 5) is 23.4. The first kappa shape index (κ1) is 13.5. The van der Waals surface area contributed by atoms with Gasteiger partial charge in [0.25, 0.3) is 0 Å². The van der Waals surface area contributed by atoms with Gasteiger partial charge in [0.05, 0.1) is 0 Å². The van der Waals surface area contributed by atoms with E-state index in [0.29, 0.717) is 5.56 Å². The molecule has 102 valence electrons. The largest absolute Gasteiger partial charge is 0.368 e. The van der Waals surface area contributed by atoms with E-state index in [-0.39, 0.29) is 17.2 Å². The van der Waals surface area contributed by atoms with Crippen LogP contribution in [0, 0.1) is 17.2 Å². The SMILES string of the molecule is CC1(C)C[C@@H]1C(=O)N[C@H](C(N)=O)c1ccc(F)cc1. The van der Waals surface area contributed by atoms with Crippen LogP contribution in [-0.4, -0.2) is 11.8 Å². The molecule has 1 saturated carbocycles. The maximum Gasteiger partial charge on any atom is 0.244 e. The number of amides is 2. The van der Waals surface area contributed by atoms with Crippen LogP contribution in [0.15, 0.2) is 24.3 Å². The zero-order chi connectivity index (χ0) is 14.2. The first-order valence-electron chi connectivity index (χ1n) is 6.16. The summed E-state index contributed by atoms with van der Waals surface area (Å²) in [5.74, 6) is -1.33. The third-order valence-electron chi connectivity index (χ3n) is 3.60. The summed E-state index contributed by atoms with van der Waals surface area (Å²) >= 11 is 0. The maximum absolute atomic E-state index is 12.9. The molecule has 0 aromatic heterocycles. The van der Waals surface area contributed by atoms with Crippen LogP contribution in [0.2, 0.25) is 0 Å². The van der Waals surface area contributed by atoms with Crippen molar-refractivity contribution < 1.29 is 14.0 Å². The molecule has 0 heterocycles. The van der Waals surface area contributed by atoms with Crippen molar-refractivity contribution in [1.29, 1.82) is 0 Å². The number of benzene rings is 1. The second kappa shape index (κ2) is 4.64. The predicted molar refractivity (Wildman–Crippen MR) is 68.4 cm³/mol. The third-order valence-corrected chi connectivity index (χ3v) is 3.60. The molecule has 2 atom stereocenters. The minimum absolute atomic E-state index is 0.0188. The van der Waals surface area contributed by atoms with Crippen LogP contribution in [0.1, 0.15) is 31.9 Å². The van der Waals surface area contributed by atoms with Gasteiger partial charge in [-0.15, -0.1) is 0 Å². The van der Waals surface area contributed by atoms with Crippen molar-refractivity contribution in [2.45, 2.75) is 26.3 Å². The van der Waals surface area contributed by atoms with Gasteiger partial charge in [0.15, 0.2) is 0 Å². The van der Waals surface area contributed by atoms with Crippen molar-refractivity contribution in [3.63, 3.8) is 0 Å². The minimum atomic E-state index is -0.913. The number of rotatable bonds is 4. The Morgan fingerprint density at radius 3 is 2.32 bits per heavy atom. The maximum atomic E-state index is 12.9. The van der Waals surface area contributed by atoms with Gasteiger partial charge >= 0.3 is 0 Å². The minimum Gasteiger partial charge on any atom is -0.368 e. The third kappa shape index (κ3) is 2.92. The monoisotopic (exact) mass is 264 g/mol. The molecule has 1 aromatic carbocycles. The van der Waals surface area contributed by atoms with E-state index >= 15 is 0 Å². The molecule has 1 aromatic rings. The summed E-state index contributed by atoms with van der Waals surface area (Å²) in [5.41, 5.74) is 5.76. The van der Waals surface area contributed by atoms with Crippen molar-refractivity contribution in [2.75, 3.05) is 0 Å². The van der Waals surface area contributed by atoms with E-state index in [4.69, 9.17) is 5.73 Å². The van der Waals surface area contributed by atoms with Crippen molar-refractivity contribution in [1.82, 2.24) is 5.32 Å². The van der Waals surface area contributed by atoms with E-state index < -0.39 is 17.8 Å². The van der Waals surface area contributed by atoms with Crippen LogP contribution in [0.3, 0.4) is 0 Å². The second-order valence-electron chi connectivity index (χ2n) is 5.64. The van der Waals surface area contributed by atoms with Crippen molar-refractivity contribution in [3.05, 3.63) is 35.6 Å². The second-order valence-corrected chi connectivity index (χ2v) is 5.64. The molecule has 1 aliphatic rings. The fraction of sp³-hybridized carbons (Fsp3) is 0.429. The smallest absolute Gasteiger partial charge is 0.244 e. The van der Waals surface area contributed by atoms with Gasteiger partial charge in [-0.05, 0) is 29.5 Å². The molecule has 19 heavy (non-hydrogen) atoms. The molecule has 0 bridgehead atoms. The van der Waals surface area contributed by atoms with Gasteiger partial charge < -0.3 is 11.1 Å². The van der Waals surface area contributed by atoms with Crippen LogP contribution in [0.25, 0.3) is 0 Å². The van der Waals surface area contributed by atoms with Crippen molar-refractivity contribution in [3.8, 4) is 0 Å². The summed E-state index contributed by atoms with van der Waals surface area (Å²) < 4.78 is 12.9. The Hall–Kier alpha value is -1.91. The van der Waals surface area contributed by atoms with E-state index in [2.05, 4.69) is 5.32 Å². The molecule has 3 N–H and O–H groups in total. The zero-order valence-electron chi connectivity index (χ0n) is 10.9. The highest BCUT2D eigenvalue weighted by atomic mass is 19.1. The fourth-order valence-corrected chi connectivity index (χ4v) is 2.13. The Labute approximate surface area is 111 Å². The number of halogens is 1. The molecular formula is C14H17FN2O2. The van der Waals surface area contributed by atoms with Crippen LogP contribution >= 0.6 is 0 Å². The molecule has 0 saturated heterocycles. The lowest BCUT2D eigenvalue weighted by Crippen LogP contribution is -2.38. The molecule has 0 unspecified atom stereocenters. The first-order chi connectivity index (χ1) is 8.81. The summed E-state index contributed by atoms with van der Waals surface area (Å²) in [6.07, 6.45) is 0.799. The zero-order valence-corrected chi connectivity index (χ0v) is 10.9. The highest BCUT2D eigenvalue weighted by molar-refractivity contribution is 5.90. The fourth-order valence-electron chi connectivity index (χ4n) is 2.13. The number of hydrogen-bond acceptors (Lipinski definition) is 2. The van der Waals surface area contributed by atoms with Gasteiger partial charge in [0.2, 0.25) is 11.8 Å². The van der Waals surface area contributed by atoms with E-state index in [9.17, 15) is 14.0 Å². The number of primary amides is 1. The number of hydrogen-bond donors (Lipinski definition) is 2. The van der Waals surface area contributed by atoms with E-state index in [1.807, 2.05) is 13.8 Å². The summed E-state index contributed by atoms with van der Waals surface area (Å²) in [7, 11) is 0. The average Bonchev–Trinajstić information content (AvgIpc) is 2.96. The van der Waals surface area contributed by atoms with Crippen LogP contribution in [0.4, 0.5) is 4.39 Å². The summed E-state index contributed by atoms with van der Waals surface area (Å²) in [5, 5.41) is 2.63. The Bertz CT molecular complexity index is 511. The normalized spacial score (nSPS) is 21.5. The molecule has 5 heteroatoms. The van der Waals surface area contributed by atoms with Gasteiger partial charge in [0, 0.05) is 5.92 Å². The van der Waals surface area contributed by atoms with E-state index in [1.54, 1.807) is 0 Å². The van der Waals surface area contributed by atoms with Gasteiger partial charge in [0.1, 0.15) is 11.9 Å². The summed E-state index contributed by atoms with van der Waals surface area (Å²) in [6, 6.07) is 4.45. The molecule has 0 spiro atoms. The molecule has 2 amide bonds. The number of nitrogens with one attached hydrogen (secondary N) is 1. The molecule has 4 nitrogen and oxygen atoms in total. The Morgan fingerprint density at radius 2 is 1.89 bits per heavy atom. The quantitative estimate of drug-likeness (QED) is 0.865. The lowest BCUT2D eigenvalue weighted by Gasteiger charge is -2.16. The standard InChI is InChI=1S/C14H17FN2O2/c1-14(2)7-10(14)13(19)17-11(12(16)18)8-3-5-9(15)6-4-8/h3-6,10-11H,7H2,1-2H3,(H2,16,18)(H,17,19)/t10-,11+/m1/s1. The number of nitrogens with two attached hydrogens (primary N) is 1. The summed E-state index contributed by atoms with van der Waals surface area (Å²) in [6.45, 7) is 3.99. The predicted octanol–water partition coefficient (Wildman–Crippen LogP) is 1.51. The van der Waals surface area contributed by atoms with Crippen molar-refractivity contribution >= 4 is 11.8 Å². The Morgan fingerprint density at radius 1 is 1.37 bits per heavy atom.